The van der Waals surface area contributed by atoms with Gasteiger partial charge in [0.05, 0.1) is 4.88 Å². The molecule has 1 aromatic heterocycles. The molecule has 0 atom stereocenters. The lowest BCUT2D eigenvalue weighted by Gasteiger charge is -2.04. The predicted octanol–water partition coefficient (Wildman–Crippen LogP) is 3.60. The van der Waals surface area contributed by atoms with E-state index in [1.165, 1.54) is 16.0 Å². The Labute approximate surface area is 136 Å². The number of carbonyl (C=O) groups excluding carboxylic acids is 1. The molecule has 21 heavy (non-hydrogen) atoms. The number of anilines is 1. The number of hydrogen-bond acceptors (Lipinski definition) is 3. The van der Waals surface area contributed by atoms with Crippen LogP contribution in [-0.2, 0) is 12.8 Å². The number of hydrogen-bond donors (Lipinski definition) is 2. The molecule has 114 valence electrons. The molecule has 1 aromatic carbocycles. The van der Waals surface area contributed by atoms with Gasteiger partial charge in [0.1, 0.15) is 0 Å². The average molecular weight is 325 g/mol. The Morgan fingerprint density at radius 3 is 2.52 bits per heavy atom. The predicted molar refractivity (Wildman–Crippen MR) is 92.6 cm³/mol. The van der Waals surface area contributed by atoms with E-state index in [2.05, 4.69) is 19.2 Å². The van der Waals surface area contributed by atoms with Crippen LogP contribution in [0.2, 0.25) is 0 Å². The van der Waals surface area contributed by atoms with E-state index in [0.29, 0.717) is 6.54 Å². The van der Waals surface area contributed by atoms with Crippen LogP contribution in [0.4, 0.5) is 5.69 Å². The molecule has 3 nitrogen and oxygen atoms in total. The zero-order valence-electron chi connectivity index (χ0n) is 12.3. The van der Waals surface area contributed by atoms with Gasteiger partial charge in [-0.3, -0.25) is 4.79 Å². The first-order valence-corrected chi connectivity index (χ1v) is 7.63. The third kappa shape index (κ3) is 4.76. The fourth-order valence-electron chi connectivity index (χ4n) is 2.07. The lowest BCUT2D eigenvalue weighted by Crippen LogP contribution is -2.24. The minimum atomic E-state index is 0. The largest absolute Gasteiger partial charge is 0.399 e. The van der Waals surface area contributed by atoms with Crippen molar-refractivity contribution in [2.75, 3.05) is 12.3 Å². The quantitative estimate of drug-likeness (QED) is 0.826. The third-order valence-electron chi connectivity index (χ3n) is 3.24. The Hall–Kier alpha value is -1.52. The molecule has 0 fully saturated rings. The van der Waals surface area contributed by atoms with E-state index >= 15 is 0 Å². The second kappa shape index (κ2) is 8.05. The van der Waals surface area contributed by atoms with E-state index in [4.69, 9.17) is 5.73 Å². The van der Waals surface area contributed by atoms with E-state index in [1.54, 1.807) is 11.3 Å². The van der Waals surface area contributed by atoms with Crippen molar-refractivity contribution in [3.63, 3.8) is 0 Å². The summed E-state index contributed by atoms with van der Waals surface area (Å²) in [7, 11) is 0. The molecular formula is C16H21ClN2OS. The highest BCUT2D eigenvalue weighted by atomic mass is 35.5. The highest BCUT2D eigenvalue weighted by molar-refractivity contribution is 7.14. The van der Waals surface area contributed by atoms with Crippen LogP contribution in [0.15, 0.2) is 30.3 Å². The average Bonchev–Trinajstić information content (AvgIpc) is 2.82. The molecule has 0 saturated heterocycles. The molecule has 2 rings (SSSR count). The smallest absolute Gasteiger partial charge is 0.261 e. The topological polar surface area (TPSA) is 55.1 Å². The fraction of sp³-hybridized carbons (Fsp3) is 0.312. The van der Waals surface area contributed by atoms with Crippen LogP contribution in [0.25, 0.3) is 0 Å². The number of thiophene rings is 1. The van der Waals surface area contributed by atoms with E-state index in [9.17, 15) is 4.79 Å². The van der Waals surface area contributed by atoms with Crippen molar-refractivity contribution in [1.82, 2.24) is 5.32 Å². The zero-order valence-corrected chi connectivity index (χ0v) is 13.9. The number of halogens is 1. The molecule has 1 heterocycles. The van der Waals surface area contributed by atoms with Crippen molar-refractivity contribution < 1.29 is 4.79 Å². The number of nitrogens with one attached hydrogen (secondary N) is 1. The van der Waals surface area contributed by atoms with Gasteiger partial charge in [-0.25, -0.2) is 0 Å². The summed E-state index contributed by atoms with van der Waals surface area (Å²) in [6.07, 6.45) is 1.80. The maximum atomic E-state index is 12.0. The lowest BCUT2D eigenvalue weighted by molar-refractivity contribution is 0.0958. The number of aryl methyl sites for hydroxylation is 2. The number of benzene rings is 1. The molecule has 0 unspecified atom stereocenters. The Balaban J connectivity index is 0.00000220. The van der Waals surface area contributed by atoms with Gasteiger partial charge in [0.15, 0.2) is 0 Å². The van der Waals surface area contributed by atoms with Crippen LogP contribution in [0, 0.1) is 6.92 Å². The lowest BCUT2D eigenvalue weighted by atomic mass is 10.1. The van der Waals surface area contributed by atoms with E-state index in [1.807, 2.05) is 30.3 Å². The molecule has 5 heteroatoms. The number of amides is 1. The summed E-state index contributed by atoms with van der Waals surface area (Å²) in [5, 5.41) is 2.97. The summed E-state index contributed by atoms with van der Waals surface area (Å²) in [4.78, 5) is 14.1. The number of nitrogens with two attached hydrogens (primary N) is 1. The summed E-state index contributed by atoms with van der Waals surface area (Å²) in [6.45, 7) is 4.81. The standard InChI is InChI=1S/C16H20N2OS.ClH/c1-3-14-11(2)10-15(20-14)16(19)18-9-8-12-4-6-13(17)7-5-12;/h4-7,10H,3,8-9,17H2,1-2H3,(H,18,19);1H. The van der Waals surface area contributed by atoms with Crippen LogP contribution in [0.5, 0.6) is 0 Å². The normalized spacial score (nSPS) is 10.0. The SMILES string of the molecule is CCc1sc(C(=O)NCCc2ccc(N)cc2)cc1C.Cl. The monoisotopic (exact) mass is 324 g/mol. The Morgan fingerprint density at radius 1 is 1.29 bits per heavy atom. The molecule has 0 spiro atoms. The van der Waals surface area contributed by atoms with Crippen LogP contribution < -0.4 is 11.1 Å². The Morgan fingerprint density at radius 2 is 1.95 bits per heavy atom. The zero-order chi connectivity index (χ0) is 14.5. The summed E-state index contributed by atoms with van der Waals surface area (Å²) < 4.78 is 0. The first kappa shape index (κ1) is 17.5. The van der Waals surface area contributed by atoms with E-state index < -0.39 is 0 Å². The summed E-state index contributed by atoms with van der Waals surface area (Å²) >= 11 is 1.59. The molecule has 0 radical (unpaired) electrons. The van der Waals surface area contributed by atoms with Crippen LogP contribution in [0.3, 0.4) is 0 Å². The second-order valence-electron chi connectivity index (χ2n) is 4.82. The van der Waals surface area contributed by atoms with Crippen molar-refractivity contribution in [2.24, 2.45) is 0 Å². The number of nitrogen functional groups attached to an aromatic ring is 1. The molecule has 0 aliphatic heterocycles. The highest BCUT2D eigenvalue weighted by Gasteiger charge is 2.10. The highest BCUT2D eigenvalue weighted by Crippen LogP contribution is 2.22. The van der Waals surface area contributed by atoms with Gasteiger partial charge in [0, 0.05) is 17.1 Å². The van der Waals surface area contributed by atoms with Crippen LogP contribution in [0.1, 0.15) is 32.6 Å². The maximum Gasteiger partial charge on any atom is 0.261 e. The number of carbonyl (C=O) groups is 1. The van der Waals surface area contributed by atoms with Crippen molar-refractivity contribution in [3.8, 4) is 0 Å². The first-order chi connectivity index (χ1) is 9.60. The van der Waals surface area contributed by atoms with Crippen molar-refractivity contribution in [2.45, 2.75) is 26.7 Å². The van der Waals surface area contributed by atoms with Gasteiger partial charge >= 0.3 is 0 Å². The van der Waals surface area contributed by atoms with Gasteiger partial charge in [-0.2, -0.15) is 0 Å². The Bertz CT molecular complexity index is 593. The van der Waals surface area contributed by atoms with Crippen molar-refractivity contribution >= 4 is 35.3 Å². The second-order valence-corrected chi connectivity index (χ2v) is 5.95. The first-order valence-electron chi connectivity index (χ1n) is 6.82. The molecule has 0 aliphatic rings. The fourth-order valence-corrected chi connectivity index (χ4v) is 3.10. The van der Waals surface area contributed by atoms with Crippen molar-refractivity contribution in [3.05, 3.63) is 51.2 Å². The van der Waals surface area contributed by atoms with Gasteiger partial charge < -0.3 is 11.1 Å². The molecule has 0 saturated carbocycles. The molecule has 3 N–H and O–H groups in total. The Kier molecular flexibility index (Phi) is 6.72. The summed E-state index contributed by atoms with van der Waals surface area (Å²) in [5.74, 6) is 0.0215. The van der Waals surface area contributed by atoms with Gasteiger partial charge in [-0.15, -0.1) is 23.7 Å². The van der Waals surface area contributed by atoms with Gasteiger partial charge in [0.25, 0.3) is 5.91 Å². The van der Waals surface area contributed by atoms with Gasteiger partial charge in [-0.05, 0) is 49.1 Å². The molecule has 0 aliphatic carbocycles. The van der Waals surface area contributed by atoms with Gasteiger partial charge in [-0.1, -0.05) is 19.1 Å². The number of rotatable bonds is 5. The minimum Gasteiger partial charge on any atom is -0.399 e. The minimum absolute atomic E-state index is 0. The summed E-state index contributed by atoms with van der Waals surface area (Å²) in [5.41, 5.74) is 8.79. The van der Waals surface area contributed by atoms with Crippen molar-refractivity contribution in [1.29, 1.82) is 0 Å². The van der Waals surface area contributed by atoms with Crippen LogP contribution >= 0.6 is 23.7 Å². The summed E-state index contributed by atoms with van der Waals surface area (Å²) in [6, 6.07) is 9.72. The molecular weight excluding hydrogens is 304 g/mol. The van der Waals surface area contributed by atoms with Crippen LogP contribution in [-0.4, -0.2) is 12.5 Å². The third-order valence-corrected chi connectivity index (χ3v) is 4.62. The molecule has 2 aromatic rings. The maximum absolute atomic E-state index is 12.0. The molecule has 1 amide bonds. The molecule has 0 bridgehead atoms. The van der Waals surface area contributed by atoms with E-state index in [0.717, 1.165) is 23.4 Å². The van der Waals surface area contributed by atoms with Gasteiger partial charge in [0.2, 0.25) is 0 Å². The van der Waals surface area contributed by atoms with E-state index in [-0.39, 0.29) is 18.3 Å².